The van der Waals surface area contributed by atoms with E-state index < -0.39 is 5.41 Å². The minimum Gasteiger partial charge on any atom is -0.492 e. The van der Waals surface area contributed by atoms with Crippen molar-refractivity contribution >= 4 is 11.6 Å². The number of ether oxygens (including phenoxy) is 2. The Kier molecular flexibility index (Phi) is 7.94. The van der Waals surface area contributed by atoms with E-state index in [1.807, 2.05) is 18.2 Å². The van der Waals surface area contributed by atoms with Gasteiger partial charge in [0.05, 0.1) is 0 Å². The largest absolute Gasteiger partial charge is 0.492 e. The van der Waals surface area contributed by atoms with E-state index in [4.69, 9.17) is 9.47 Å². The number of likely N-dealkylation sites (tertiary alicyclic amines) is 2. The maximum Gasteiger partial charge on any atom is 0.244 e. The highest BCUT2D eigenvalue weighted by atomic mass is 16.5. The molecule has 3 heterocycles. The summed E-state index contributed by atoms with van der Waals surface area (Å²) in [5, 5.41) is 3.29. The zero-order chi connectivity index (χ0) is 31.2. The van der Waals surface area contributed by atoms with Crippen LogP contribution in [0, 0.1) is 0 Å². The monoisotopic (exact) mass is 607 g/mol. The Morgan fingerprint density at radius 1 is 0.667 bits per heavy atom. The maximum atomic E-state index is 14.8. The van der Waals surface area contributed by atoms with Crippen molar-refractivity contribution in [2.45, 2.75) is 76.0 Å². The van der Waals surface area contributed by atoms with Gasteiger partial charge in [-0.15, -0.1) is 0 Å². The maximum absolute atomic E-state index is 14.8. The second kappa shape index (κ2) is 11.8. The Balaban J connectivity index is 1.42. The fourth-order valence-electron chi connectivity index (χ4n) is 8.57. The molecular formula is C39H49N3O3. The molecule has 1 spiro atoms. The van der Waals surface area contributed by atoms with Crippen LogP contribution in [0.2, 0.25) is 0 Å². The summed E-state index contributed by atoms with van der Waals surface area (Å²) in [7, 11) is 0. The molecule has 7 rings (SSSR count). The molecule has 0 aromatic heterocycles. The van der Waals surface area contributed by atoms with Crippen molar-refractivity contribution in [3.8, 4) is 11.5 Å². The van der Waals surface area contributed by atoms with Crippen molar-refractivity contribution in [3.05, 3.63) is 88.5 Å². The average molecular weight is 608 g/mol. The summed E-state index contributed by atoms with van der Waals surface area (Å²) >= 11 is 0. The first-order valence-corrected chi connectivity index (χ1v) is 17.1. The van der Waals surface area contributed by atoms with Crippen LogP contribution in [-0.4, -0.2) is 68.2 Å². The van der Waals surface area contributed by atoms with Crippen LogP contribution in [0.5, 0.6) is 11.5 Å². The second-order valence-electron chi connectivity index (χ2n) is 14.9. The number of hydrogen-bond donors (Lipinski definition) is 1. The molecule has 2 saturated heterocycles. The molecule has 1 amide bonds. The fraction of sp³-hybridized carbons (Fsp3) is 0.513. The van der Waals surface area contributed by atoms with Gasteiger partial charge in [0.25, 0.3) is 0 Å². The number of para-hydroxylation sites is 1. The third-order valence-electron chi connectivity index (χ3n) is 10.9. The lowest BCUT2D eigenvalue weighted by atomic mass is 9.63. The standard InChI is InChI=1S/C39H49N3O3/c1-37(2)27-38(3,4)29-14-16-35(45-24-22-42-19-9-10-20-42)32(26-29)39(30-11-5-6-12-33(30)40-36(39)43)31-25-28(37)13-15-34(31)44-23-21-41-17-7-8-18-41/h5-6,11-16,25-26H,7-10,17-24,27H2,1-4H3,(H,40,43). The van der Waals surface area contributed by atoms with Crippen LogP contribution in [0.1, 0.15) is 87.6 Å². The molecule has 6 nitrogen and oxygen atoms in total. The van der Waals surface area contributed by atoms with E-state index in [1.54, 1.807) is 0 Å². The van der Waals surface area contributed by atoms with E-state index in [9.17, 15) is 4.79 Å². The fourth-order valence-corrected chi connectivity index (χ4v) is 8.57. The normalized spacial score (nSPS) is 21.5. The topological polar surface area (TPSA) is 54.0 Å². The number of benzene rings is 3. The number of amides is 1. The first-order chi connectivity index (χ1) is 21.7. The molecule has 0 radical (unpaired) electrons. The Labute approximate surface area is 269 Å². The van der Waals surface area contributed by atoms with Gasteiger partial charge in [-0.3, -0.25) is 14.6 Å². The summed E-state index contributed by atoms with van der Waals surface area (Å²) < 4.78 is 13.4. The second-order valence-corrected chi connectivity index (χ2v) is 14.9. The van der Waals surface area contributed by atoms with E-state index in [1.165, 1.54) is 36.8 Å². The lowest BCUT2D eigenvalue weighted by Gasteiger charge is -2.40. The predicted octanol–water partition coefficient (Wildman–Crippen LogP) is 6.88. The van der Waals surface area contributed by atoms with Crippen LogP contribution < -0.4 is 14.8 Å². The molecule has 1 aliphatic carbocycles. The number of nitrogens with zero attached hydrogens (tertiary/aromatic N) is 2. The smallest absolute Gasteiger partial charge is 0.244 e. The number of carbonyl (C=O) groups is 1. The van der Waals surface area contributed by atoms with Gasteiger partial charge in [-0.25, -0.2) is 0 Å². The molecule has 0 unspecified atom stereocenters. The highest BCUT2D eigenvalue weighted by Crippen LogP contribution is 2.55. The molecule has 3 aliphatic heterocycles. The third kappa shape index (κ3) is 5.44. The minimum atomic E-state index is -1.13. The molecule has 3 aromatic rings. The molecule has 3 aromatic carbocycles. The number of rotatable bonds is 8. The molecule has 4 aliphatic rings. The Bertz CT molecular complexity index is 1480. The highest BCUT2D eigenvalue weighted by Gasteiger charge is 2.54. The van der Waals surface area contributed by atoms with E-state index in [2.05, 4.69) is 85.3 Å². The molecule has 0 atom stereocenters. The van der Waals surface area contributed by atoms with Gasteiger partial charge in [0.15, 0.2) is 0 Å². The van der Waals surface area contributed by atoms with Crippen molar-refractivity contribution < 1.29 is 14.3 Å². The SMILES string of the molecule is CC1(C)CC(C)(C)c2ccc(OCCN3CCCC3)c(c2)C2(C(=O)Nc3ccccc32)c2cc1ccc2OCCN1CCCC1. The molecule has 0 saturated carbocycles. The van der Waals surface area contributed by atoms with Gasteiger partial charge in [0.2, 0.25) is 5.91 Å². The quantitative estimate of drug-likeness (QED) is 0.303. The van der Waals surface area contributed by atoms with Crippen molar-refractivity contribution in [2.75, 3.05) is 57.8 Å². The minimum absolute atomic E-state index is 0.0528. The van der Waals surface area contributed by atoms with Gasteiger partial charge in [0, 0.05) is 35.5 Å². The van der Waals surface area contributed by atoms with Gasteiger partial charge in [-0.2, -0.15) is 0 Å². The molecule has 238 valence electrons. The van der Waals surface area contributed by atoms with Crippen LogP contribution in [0.15, 0.2) is 60.7 Å². The van der Waals surface area contributed by atoms with Crippen molar-refractivity contribution in [2.24, 2.45) is 0 Å². The van der Waals surface area contributed by atoms with Crippen LogP contribution >= 0.6 is 0 Å². The number of carbonyl (C=O) groups excluding carboxylic acids is 1. The summed E-state index contributed by atoms with van der Waals surface area (Å²) in [4.78, 5) is 19.8. The van der Waals surface area contributed by atoms with Gasteiger partial charge >= 0.3 is 0 Å². The first kappa shape index (κ1) is 30.3. The lowest BCUT2D eigenvalue weighted by molar-refractivity contribution is -0.118. The number of nitrogens with one attached hydrogen (secondary N) is 1. The van der Waals surface area contributed by atoms with E-state index >= 15 is 0 Å². The lowest BCUT2D eigenvalue weighted by Crippen LogP contribution is -2.40. The predicted molar refractivity (Wildman–Crippen MR) is 181 cm³/mol. The van der Waals surface area contributed by atoms with Crippen LogP contribution in [0.3, 0.4) is 0 Å². The average Bonchev–Trinajstić information content (AvgIpc) is 3.78. The zero-order valence-electron chi connectivity index (χ0n) is 27.6. The molecule has 4 bridgehead atoms. The van der Waals surface area contributed by atoms with E-state index in [-0.39, 0.29) is 16.7 Å². The Morgan fingerprint density at radius 3 is 1.67 bits per heavy atom. The Morgan fingerprint density at radius 2 is 1.16 bits per heavy atom. The van der Waals surface area contributed by atoms with Crippen molar-refractivity contribution in [3.63, 3.8) is 0 Å². The summed E-state index contributed by atoms with van der Waals surface area (Å²) in [5.41, 5.74) is 4.64. The summed E-state index contributed by atoms with van der Waals surface area (Å²) in [6.07, 6.45) is 5.97. The zero-order valence-corrected chi connectivity index (χ0v) is 27.6. The molecule has 45 heavy (non-hydrogen) atoms. The highest BCUT2D eigenvalue weighted by molar-refractivity contribution is 6.12. The van der Waals surface area contributed by atoms with Crippen LogP contribution in [0.25, 0.3) is 0 Å². The first-order valence-electron chi connectivity index (χ1n) is 17.1. The van der Waals surface area contributed by atoms with Gasteiger partial charge in [-0.1, -0.05) is 58.0 Å². The van der Waals surface area contributed by atoms with Crippen molar-refractivity contribution in [1.82, 2.24) is 9.80 Å². The van der Waals surface area contributed by atoms with Crippen molar-refractivity contribution in [1.29, 1.82) is 0 Å². The van der Waals surface area contributed by atoms with Gasteiger partial charge in [0.1, 0.15) is 30.1 Å². The van der Waals surface area contributed by atoms with E-state index in [0.717, 1.165) is 79.6 Å². The molecule has 1 N–H and O–H groups in total. The third-order valence-corrected chi connectivity index (χ3v) is 10.9. The van der Waals surface area contributed by atoms with Crippen LogP contribution in [0.4, 0.5) is 5.69 Å². The summed E-state index contributed by atoms with van der Waals surface area (Å²) in [6, 6.07) is 21.4. The number of fused-ring (bicyclic) bond motifs is 8. The molecular weight excluding hydrogens is 558 g/mol. The van der Waals surface area contributed by atoms with Gasteiger partial charge in [-0.05, 0) is 111 Å². The molecule has 2 fully saturated rings. The van der Waals surface area contributed by atoms with Crippen LogP contribution in [-0.2, 0) is 21.0 Å². The van der Waals surface area contributed by atoms with Gasteiger partial charge < -0.3 is 14.8 Å². The Hall–Kier alpha value is -3.35. The number of hydrogen-bond acceptors (Lipinski definition) is 5. The molecule has 6 heteroatoms. The van der Waals surface area contributed by atoms with E-state index in [0.29, 0.717) is 13.2 Å². The summed E-state index contributed by atoms with van der Waals surface area (Å²) in [5.74, 6) is 1.49. The summed E-state index contributed by atoms with van der Waals surface area (Å²) in [6.45, 7) is 16.8. The number of anilines is 1.